The summed E-state index contributed by atoms with van der Waals surface area (Å²) >= 11 is 3.30. The van der Waals surface area contributed by atoms with Gasteiger partial charge >= 0.3 is 0 Å². The van der Waals surface area contributed by atoms with E-state index in [9.17, 15) is 13.6 Å². The zero-order chi connectivity index (χ0) is 14.7. The first-order valence-corrected chi connectivity index (χ1v) is 6.61. The number of nitrogens with one attached hydrogen (secondary N) is 1. The van der Waals surface area contributed by atoms with E-state index >= 15 is 0 Å². The van der Waals surface area contributed by atoms with Gasteiger partial charge < -0.3 is 5.32 Å². The summed E-state index contributed by atoms with van der Waals surface area (Å²) in [5, 5.41) is 2.55. The van der Waals surface area contributed by atoms with Crippen molar-refractivity contribution >= 4 is 27.7 Å². The van der Waals surface area contributed by atoms with Crippen LogP contribution in [0.1, 0.15) is 11.1 Å². The molecule has 0 bridgehead atoms. The largest absolute Gasteiger partial charge is 0.310 e. The topological polar surface area (TPSA) is 42.0 Å². The van der Waals surface area contributed by atoms with Crippen molar-refractivity contribution in [2.24, 2.45) is 0 Å². The minimum atomic E-state index is -0.998. The summed E-state index contributed by atoms with van der Waals surface area (Å²) in [5.74, 6) is -2.05. The second kappa shape index (κ2) is 6.09. The summed E-state index contributed by atoms with van der Waals surface area (Å²) in [4.78, 5) is 15.8. The Morgan fingerprint density at radius 3 is 2.85 bits per heavy atom. The van der Waals surface area contributed by atoms with Gasteiger partial charge in [0.1, 0.15) is 5.82 Å². The second-order valence-electron chi connectivity index (χ2n) is 4.26. The van der Waals surface area contributed by atoms with Gasteiger partial charge in [-0.1, -0.05) is 12.1 Å². The number of amides is 1. The van der Waals surface area contributed by atoms with E-state index in [4.69, 9.17) is 0 Å². The van der Waals surface area contributed by atoms with Crippen LogP contribution in [0.2, 0.25) is 0 Å². The highest BCUT2D eigenvalue weighted by molar-refractivity contribution is 9.10. The standard InChI is InChI=1S/C14H11BrF2N2O/c1-8-5-12(18-7-10(8)15)19-13(20)6-9-3-2-4-11(16)14(9)17/h2-5,7H,6H2,1H3,(H,18,19,20). The van der Waals surface area contributed by atoms with E-state index in [1.807, 2.05) is 6.92 Å². The summed E-state index contributed by atoms with van der Waals surface area (Å²) in [6, 6.07) is 5.43. The molecule has 0 unspecified atom stereocenters. The Hall–Kier alpha value is -1.82. The van der Waals surface area contributed by atoms with E-state index in [-0.39, 0.29) is 12.0 Å². The fourth-order valence-electron chi connectivity index (χ4n) is 1.65. The molecular formula is C14H11BrF2N2O. The maximum absolute atomic E-state index is 13.4. The van der Waals surface area contributed by atoms with Gasteiger partial charge in [-0.05, 0) is 40.5 Å². The predicted octanol–water partition coefficient (Wildman–Crippen LogP) is 3.61. The number of rotatable bonds is 3. The summed E-state index contributed by atoms with van der Waals surface area (Å²) in [6.07, 6.45) is 1.31. The number of aryl methyl sites for hydroxylation is 1. The van der Waals surface area contributed by atoms with Gasteiger partial charge in [-0.15, -0.1) is 0 Å². The third-order valence-electron chi connectivity index (χ3n) is 2.70. The summed E-state index contributed by atoms with van der Waals surface area (Å²) in [6.45, 7) is 1.85. The van der Waals surface area contributed by atoms with Gasteiger partial charge in [-0.3, -0.25) is 4.79 Å². The highest BCUT2D eigenvalue weighted by atomic mass is 79.9. The molecule has 0 aliphatic rings. The minimum Gasteiger partial charge on any atom is -0.310 e. The van der Waals surface area contributed by atoms with E-state index in [1.54, 1.807) is 12.3 Å². The molecule has 1 N–H and O–H groups in total. The van der Waals surface area contributed by atoms with Crippen molar-refractivity contribution in [3.8, 4) is 0 Å². The number of pyridine rings is 1. The molecule has 1 amide bonds. The molecule has 2 aromatic rings. The van der Waals surface area contributed by atoms with Crippen LogP contribution in [0, 0.1) is 18.6 Å². The zero-order valence-electron chi connectivity index (χ0n) is 10.6. The van der Waals surface area contributed by atoms with Crippen LogP contribution in [-0.2, 0) is 11.2 Å². The van der Waals surface area contributed by atoms with Gasteiger partial charge in [-0.25, -0.2) is 13.8 Å². The van der Waals surface area contributed by atoms with Crippen molar-refractivity contribution in [3.63, 3.8) is 0 Å². The maximum atomic E-state index is 13.4. The molecule has 0 atom stereocenters. The molecule has 1 heterocycles. The van der Waals surface area contributed by atoms with Crippen LogP contribution in [0.15, 0.2) is 34.9 Å². The van der Waals surface area contributed by atoms with Crippen LogP contribution in [0.25, 0.3) is 0 Å². The SMILES string of the molecule is Cc1cc(NC(=O)Cc2cccc(F)c2F)ncc1Br. The van der Waals surface area contributed by atoms with Crippen molar-refractivity contribution in [2.75, 3.05) is 5.32 Å². The molecule has 0 aliphatic heterocycles. The van der Waals surface area contributed by atoms with Crippen molar-refractivity contribution in [1.82, 2.24) is 4.98 Å². The highest BCUT2D eigenvalue weighted by Crippen LogP contribution is 2.18. The highest BCUT2D eigenvalue weighted by Gasteiger charge is 2.12. The van der Waals surface area contributed by atoms with Crippen LogP contribution >= 0.6 is 15.9 Å². The fraction of sp³-hybridized carbons (Fsp3) is 0.143. The van der Waals surface area contributed by atoms with E-state index in [0.29, 0.717) is 5.82 Å². The quantitative estimate of drug-likeness (QED) is 0.927. The first kappa shape index (κ1) is 14.6. The van der Waals surface area contributed by atoms with E-state index in [2.05, 4.69) is 26.2 Å². The zero-order valence-corrected chi connectivity index (χ0v) is 12.2. The van der Waals surface area contributed by atoms with Gasteiger partial charge in [0.25, 0.3) is 0 Å². The summed E-state index contributed by atoms with van der Waals surface area (Å²) in [7, 11) is 0. The van der Waals surface area contributed by atoms with Crippen molar-refractivity contribution < 1.29 is 13.6 Å². The van der Waals surface area contributed by atoms with Crippen LogP contribution in [0.3, 0.4) is 0 Å². The molecule has 104 valence electrons. The van der Waals surface area contributed by atoms with Crippen molar-refractivity contribution in [2.45, 2.75) is 13.3 Å². The number of halogens is 3. The number of nitrogens with zero attached hydrogens (tertiary/aromatic N) is 1. The number of hydrogen-bond acceptors (Lipinski definition) is 2. The third-order valence-corrected chi connectivity index (χ3v) is 3.53. The molecule has 20 heavy (non-hydrogen) atoms. The van der Waals surface area contributed by atoms with Crippen molar-refractivity contribution in [1.29, 1.82) is 0 Å². The van der Waals surface area contributed by atoms with E-state index in [0.717, 1.165) is 16.1 Å². The molecule has 1 aromatic carbocycles. The summed E-state index contributed by atoms with van der Waals surface area (Å²) < 4.78 is 27.3. The monoisotopic (exact) mass is 340 g/mol. The lowest BCUT2D eigenvalue weighted by Gasteiger charge is -2.07. The molecular weight excluding hydrogens is 330 g/mol. The maximum Gasteiger partial charge on any atom is 0.230 e. The first-order chi connectivity index (χ1) is 9.47. The third kappa shape index (κ3) is 3.39. The molecule has 2 rings (SSSR count). The molecule has 0 aliphatic carbocycles. The molecule has 0 fully saturated rings. The number of aromatic nitrogens is 1. The molecule has 6 heteroatoms. The molecule has 0 radical (unpaired) electrons. The Balaban J connectivity index is 2.09. The number of carbonyl (C=O) groups excluding carboxylic acids is 1. The average Bonchev–Trinajstić information content (AvgIpc) is 2.39. The molecule has 0 saturated heterocycles. The van der Waals surface area contributed by atoms with Gasteiger partial charge in [0.15, 0.2) is 11.6 Å². The van der Waals surface area contributed by atoms with Crippen LogP contribution < -0.4 is 5.32 Å². The Morgan fingerprint density at radius 2 is 2.15 bits per heavy atom. The van der Waals surface area contributed by atoms with Gasteiger partial charge in [0, 0.05) is 16.2 Å². The Bertz CT molecular complexity index is 662. The molecule has 0 spiro atoms. The predicted molar refractivity (Wildman–Crippen MR) is 75.4 cm³/mol. The number of benzene rings is 1. The van der Waals surface area contributed by atoms with Crippen LogP contribution in [0.5, 0.6) is 0 Å². The van der Waals surface area contributed by atoms with Crippen LogP contribution in [0.4, 0.5) is 14.6 Å². The fourth-order valence-corrected chi connectivity index (χ4v) is 1.87. The molecule has 1 aromatic heterocycles. The first-order valence-electron chi connectivity index (χ1n) is 5.82. The normalized spacial score (nSPS) is 10.4. The van der Waals surface area contributed by atoms with E-state index < -0.39 is 17.5 Å². The van der Waals surface area contributed by atoms with Gasteiger partial charge in [0.2, 0.25) is 5.91 Å². The van der Waals surface area contributed by atoms with Gasteiger partial charge in [0.05, 0.1) is 6.42 Å². The van der Waals surface area contributed by atoms with Crippen molar-refractivity contribution in [3.05, 3.63) is 57.7 Å². The molecule has 0 saturated carbocycles. The van der Waals surface area contributed by atoms with Gasteiger partial charge in [-0.2, -0.15) is 0 Å². The Kier molecular flexibility index (Phi) is 4.44. The summed E-state index contributed by atoms with van der Waals surface area (Å²) in [5.41, 5.74) is 0.920. The lowest BCUT2D eigenvalue weighted by molar-refractivity contribution is -0.115. The van der Waals surface area contributed by atoms with E-state index in [1.165, 1.54) is 12.1 Å². The van der Waals surface area contributed by atoms with Crippen LogP contribution in [-0.4, -0.2) is 10.9 Å². The number of hydrogen-bond donors (Lipinski definition) is 1. The Labute approximate surface area is 123 Å². The molecule has 3 nitrogen and oxygen atoms in total. The minimum absolute atomic E-state index is 0.0105. The average molecular weight is 341 g/mol. The Morgan fingerprint density at radius 1 is 1.40 bits per heavy atom. The second-order valence-corrected chi connectivity index (χ2v) is 5.11. The smallest absolute Gasteiger partial charge is 0.230 e. The number of carbonyl (C=O) groups is 1. The lowest BCUT2D eigenvalue weighted by Crippen LogP contribution is -2.16. The lowest BCUT2D eigenvalue weighted by atomic mass is 10.1. The number of anilines is 1.